The second-order valence-electron chi connectivity index (χ2n) is 6.60. The molecule has 0 spiro atoms. The first kappa shape index (κ1) is 17.4. The minimum Gasteiger partial charge on any atom is -0.470 e. The van der Waals surface area contributed by atoms with Crippen LogP contribution < -0.4 is 10.5 Å². The van der Waals surface area contributed by atoms with E-state index in [4.69, 9.17) is 15.5 Å². The Bertz CT molecular complexity index is 680. The molecule has 1 aromatic carbocycles. The van der Waals surface area contributed by atoms with Crippen LogP contribution in [0.25, 0.3) is 10.4 Å². The molecule has 2 aromatic rings. The summed E-state index contributed by atoms with van der Waals surface area (Å²) in [5.41, 5.74) is 11.4. The predicted molar refractivity (Wildman–Crippen MR) is 102 cm³/mol. The Kier molecular flexibility index (Phi) is 5.90. The average molecular weight is 345 g/mol. The Morgan fingerprint density at radius 3 is 2.88 bits per heavy atom. The molecule has 3 rings (SSSR count). The molecule has 0 amide bonds. The number of aryl methyl sites for hydroxylation is 2. The van der Waals surface area contributed by atoms with Crippen LogP contribution in [0.15, 0.2) is 18.2 Å². The van der Waals surface area contributed by atoms with Crippen LogP contribution in [-0.4, -0.2) is 18.1 Å². The number of fused-ring (bicyclic) bond motifs is 3. The molecule has 1 aromatic heterocycles. The number of thiazole rings is 1. The Morgan fingerprint density at radius 1 is 1.25 bits per heavy atom. The van der Waals surface area contributed by atoms with Crippen LogP contribution in [0.1, 0.15) is 62.3 Å². The zero-order chi connectivity index (χ0) is 16.9. The summed E-state index contributed by atoms with van der Waals surface area (Å²) in [7, 11) is 0. The third-order valence-corrected chi connectivity index (χ3v) is 5.84. The van der Waals surface area contributed by atoms with Crippen molar-refractivity contribution in [3.05, 3.63) is 35.0 Å². The van der Waals surface area contributed by atoms with Crippen molar-refractivity contribution >= 4 is 11.3 Å². The summed E-state index contributed by atoms with van der Waals surface area (Å²) in [6.45, 7) is 5.90. The van der Waals surface area contributed by atoms with Gasteiger partial charge in [-0.25, -0.2) is 4.98 Å². The Hall–Kier alpha value is -1.39. The van der Waals surface area contributed by atoms with Crippen molar-refractivity contribution in [1.82, 2.24) is 4.98 Å². The Morgan fingerprint density at radius 2 is 2.12 bits per heavy atom. The summed E-state index contributed by atoms with van der Waals surface area (Å²) in [5.74, 6) is 0.482. The van der Waals surface area contributed by atoms with E-state index in [0.29, 0.717) is 5.92 Å². The second-order valence-corrected chi connectivity index (χ2v) is 7.56. The van der Waals surface area contributed by atoms with E-state index >= 15 is 0 Å². The van der Waals surface area contributed by atoms with Crippen molar-refractivity contribution in [2.75, 3.05) is 13.2 Å². The van der Waals surface area contributed by atoms with Crippen molar-refractivity contribution in [1.29, 1.82) is 0 Å². The molecule has 1 aliphatic carbocycles. The van der Waals surface area contributed by atoms with Gasteiger partial charge in [-0.2, -0.15) is 0 Å². The van der Waals surface area contributed by atoms with Gasteiger partial charge in [-0.3, -0.25) is 0 Å². The van der Waals surface area contributed by atoms with E-state index in [9.17, 15) is 0 Å². The standard InChI is InChI=1S/C20H28N2OS/c1-3-5-11-23-20-22-18-10-8-15-12-14(16(13-21)6-4-2)7-9-17(15)19(18)24-20/h7,9,12,16H,3-6,8,10-11,13,21H2,1-2H3. The fourth-order valence-corrected chi connectivity index (χ4v) is 4.44. The summed E-state index contributed by atoms with van der Waals surface area (Å²) >= 11 is 1.70. The van der Waals surface area contributed by atoms with Gasteiger partial charge in [0.05, 0.1) is 17.2 Å². The number of rotatable bonds is 8. The number of nitrogens with zero attached hydrogens (tertiary/aromatic N) is 1. The van der Waals surface area contributed by atoms with Gasteiger partial charge in [-0.1, -0.05) is 56.2 Å². The molecule has 0 fully saturated rings. The monoisotopic (exact) mass is 344 g/mol. The van der Waals surface area contributed by atoms with Crippen LogP contribution in [0.5, 0.6) is 5.19 Å². The fourth-order valence-electron chi connectivity index (χ4n) is 3.39. The molecule has 1 aliphatic rings. The molecule has 0 saturated carbocycles. The summed E-state index contributed by atoms with van der Waals surface area (Å²) < 4.78 is 5.82. The molecule has 0 aliphatic heterocycles. The molecule has 130 valence electrons. The molecule has 2 N–H and O–H groups in total. The number of hydrogen-bond acceptors (Lipinski definition) is 4. The maximum absolute atomic E-state index is 5.98. The molecule has 3 nitrogen and oxygen atoms in total. The lowest BCUT2D eigenvalue weighted by atomic mass is 9.87. The maximum Gasteiger partial charge on any atom is 0.273 e. The van der Waals surface area contributed by atoms with Crippen molar-refractivity contribution < 1.29 is 4.74 Å². The number of benzene rings is 1. The van der Waals surface area contributed by atoms with Gasteiger partial charge in [0.2, 0.25) is 0 Å². The molecule has 0 radical (unpaired) electrons. The van der Waals surface area contributed by atoms with Crippen LogP contribution in [0, 0.1) is 0 Å². The van der Waals surface area contributed by atoms with E-state index in [1.165, 1.54) is 33.7 Å². The Balaban J connectivity index is 1.84. The van der Waals surface area contributed by atoms with E-state index in [1.54, 1.807) is 11.3 Å². The zero-order valence-corrected chi connectivity index (χ0v) is 15.6. The summed E-state index contributed by atoms with van der Waals surface area (Å²) in [5, 5.41) is 0.830. The van der Waals surface area contributed by atoms with Crippen LogP contribution in [0.4, 0.5) is 0 Å². The molecule has 1 unspecified atom stereocenters. The van der Waals surface area contributed by atoms with Crippen LogP contribution in [-0.2, 0) is 12.8 Å². The van der Waals surface area contributed by atoms with E-state index in [2.05, 4.69) is 32.0 Å². The predicted octanol–water partition coefficient (Wildman–Crippen LogP) is 4.93. The van der Waals surface area contributed by atoms with Crippen molar-refractivity contribution in [3.8, 4) is 15.6 Å². The highest BCUT2D eigenvalue weighted by molar-refractivity contribution is 7.17. The van der Waals surface area contributed by atoms with Crippen LogP contribution in [0.2, 0.25) is 0 Å². The lowest BCUT2D eigenvalue weighted by molar-refractivity contribution is 0.307. The van der Waals surface area contributed by atoms with Crippen molar-refractivity contribution in [3.63, 3.8) is 0 Å². The lowest BCUT2D eigenvalue weighted by Gasteiger charge is -2.20. The molecule has 1 heterocycles. The minimum absolute atomic E-state index is 0.482. The molecular weight excluding hydrogens is 316 g/mol. The van der Waals surface area contributed by atoms with Crippen molar-refractivity contribution in [2.24, 2.45) is 5.73 Å². The van der Waals surface area contributed by atoms with Gasteiger partial charge in [-0.05, 0) is 54.8 Å². The average Bonchev–Trinajstić information content (AvgIpc) is 3.02. The molecule has 4 heteroatoms. The van der Waals surface area contributed by atoms with Gasteiger partial charge in [0.1, 0.15) is 0 Å². The first-order valence-corrected chi connectivity index (χ1v) is 10.0. The minimum atomic E-state index is 0.482. The van der Waals surface area contributed by atoms with E-state index in [1.807, 2.05) is 0 Å². The SMILES string of the molecule is CCCCOc1nc2c(s1)-c1ccc(C(CN)CCC)cc1CC2. The molecule has 24 heavy (non-hydrogen) atoms. The van der Waals surface area contributed by atoms with E-state index < -0.39 is 0 Å². The molecule has 0 bridgehead atoms. The molecule has 0 saturated heterocycles. The van der Waals surface area contributed by atoms with Gasteiger partial charge in [-0.15, -0.1) is 0 Å². The third kappa shape index (κ3) is 3.65. The number of hydrogen-bond donors (Lipinski definition) is 1. The lowest BCUT2D eigenvalue weighted by Crippen LogP contribution is -2.13. The fraction of sp³-hybridized carbons (Fsp3) is 0.550. The van der Waals surface area contributed by atoms with Crippen LogP contribution in [0.3, 0.4) is 0 Å². The normalized spacial score (nSPS) is 14.1. The smallest absolute Gasteiger partial charge is 0.273 e. The molecular formula is C20H28N2OS. The van der Waals surface area contributed by atoms with E-state index in [-0.39, 0.29) is 0 Å². The maximum atomic E-state index is 5.98. The van der Waals surface area contributed by atoms with Gasteiger partial charge >= 0.3 is 0 Å². The summed E-state index contributed by atoms with van der Waals surface area (Å²) in [6.07, 6.45) is 6.66. The number of aromatic nitrogens is 1. The van der Waals surface area contributed by atoms with E-state index in [0.717, 1.165) is 50.4 Å². The number of unbranched alkanes of at least 4 members (excludes halogenated alkanes) is 1. The van der Waals surface area contributed by atoms with Gasteiger partial charge in [0.15, 0.2) is 0 Å². The zero-order valence-electron chi connectivity index (χ0n) is 14.8. The van der Waals surface area contributed by atoms with Gasteiger partial charge in [0, 0.05) is 0 Å². The first-order valence-electron chi connectivity index (χ1n) is 9.22. The van der Waals surface area contributed by atoms with Gasteiger partial charge < -0.3 is 10.5 Å². The highest BCUT2D eigenvalue weighted by Crippen LogP contribution is 2.41. The number of nitrogens with two attached hydrogens (primary N) is 1. The quantitative estimate of drug-likeness (QED) is 0.691. The number of ether oxygens (including phenoxy) is 1. The second kappa shape index (κ2) is 8.13. The topological polar surface area (TPSA) is 48.1 Å². The summed E-state index contributed by atoms with van der Waals surface area (Å²) in [4.78, 5) is 6.00. The van der Waals surface area contributed by atoms with Crippen molar-refractivity contribution in [2.45, 2.75) is 58.3 Å². The third-order valence-electron chi connectivity index (χ3n) is 4.80. The summed E-state index contributed by atoms with van der Waals surface area (Å²) in [6, 6.07) is 6.91. The van der Waals surface area contributed by atoms with Gasteiger partial charge in [0.25, 0.3) is 5.19 Å². The Labute approximate surface area is 149 Å². The first-order chi connectivity index (χ1) is 11.8. The highest BCUT2D eigenvalue weighted by atomic mass is 32.1. The largest absolute Gasteiger partial charge is 0.470 e. The molecule has 1 atom stereocenters. The highest BCUT2D eigenvalue weighted by Gasteiger charge is 2.22. The van der Waals surface area contributed by atoms with Crippen LogP contribution >= 0.6 is 11.3 Å².